The molecule has 3 aromatic carbocycles. The van der Waals surface area contributed by atoms with Crippen molar-refractivity contribution >= 4 is 56.5 Å². The molecule has 0 bridgehead atoms. The Labute approximate surface area is 186 Å². The highest BCUT2D eigenvalue weighted by Crippen LogP contribution is 2.52. The van der Waals surface area contributed by atoms with Crippen molar-refractivity contribution in [2.45, 2.75) is 4.75 Å². The van der Waals surface area contributed by atoms with Crippen LogP contribution in [0, 0.1) is 0 Å². The average molecular weight is 494 g/mol. The van der Waals surface area contributed by atoms with Crippen molar-refractivity contribution in [3.05, 3.63) is 91.4 Å². The molecule has 0 aliphatic carbocycles. The largest absolute Gasteiger partial charge is 0.508 e. The van der Waals surface area contributed by atoms with E-state index in [1.54, 1.807) is 0 Å². The molecule has 0 saturated heterocycles. The minimum Gasteiger partial charge on any atom is -0.508 e. The van der Waals surface area contributed by atoms with E-state index in [2.05, 4.69) is 0 Å². The molecular weight excluding hydrogens is 482 g/mol. The number of benzene rings is 3. The Hall–Kier alpha value is -1.67. The number of rotatable bonds is 4. The van der Waals surface area contributed by atoms with E-state index in [-0.39, 0.29) is 37.5 Å². The van der Waals surface area contributed by atoms with E-state index in [1.807, 2.05) is 0 Å². The monoisotopic (exact) mass is 492 g/mol. The Morgan fingerprint density at radius 3 is 1.83 bits per heavy atom. The lowest BCUT2D eigenvalue weighted by molar-refractivity contribution is 0.434. The Morgan fingerprint density at radius 1 is 0.759 bits per heavy atom. The third kappa shape index (κ3) is 3.77. The van der Waals surface area contributed by atoms with E-state index in [4.69, 9.17) is 46.4 Å². The van der Waals surface area contributed by atoms with Crippen LogP contribution < -0.4 is 0 Å². The van der Waals surface area contributed by atoms with Gasteiger partial charge in [-0.3, -0.25) is 4.55 Å². The lowest BCUT2D eigenvalue weighted by Crippen LogP contribution is -2.39. The molecule has 10 heteroatoms. The summed E-state index contributed by atoms with van der Waals surface area (Å²) in [5.41, 5.74) is -0.652. The summed E-state index contributed by atoms with van der Waals surface area (Å²) in [6.45, 7) is 0. The zero-order chi connectivity index (χ0) is 21.6. The summed E-state index contributed by atoms with van der Waals surface area (Å²) >= 11 is 24.6. The molecule has 0 aromatic heterocycles. The number of hydrogen-bond acceptors (Lipinski definition) is 4. The summed E-state index contributed by atoms with van der Waals surface area (Å²) in [5, 5.41) is 20.6. The van der Waals surface area contributed by atoms with Gasteiger partial charge in [-0.05, 0) is 48.0 Å². The summed E-state index contributed by atoms with van der Waals surface area (Å²) in [5.74, 6) is -0.890. The summed E-state index contributed by atoms with van der Waals surface area (Å²) in [7, 11) is -5.12. The van der Waals surface area contributed by atoms with Crippen LogP contribution in [-0.2, 0) is 14.9 Å². The number of hydrogen-bond donors (Lipinski definition) is 3. The molecule has 1 atom stereocenters. The van der Waals surface area contributed by atoms with E-state index in [9.17, 15) is 23.2 Å². The molecule has 3 rings (SSSR count). The number of phenolic OH excluding ortho intramolecular Hbond substituents is 2. The van der Waals surface area contributed by atoms with Gasteiger partial charge in [-0.15, -0.1) is 0 Å². The van der Waals surface area contributed by atoms with Crippen LogP contribution in [-0.4, -0.2) is 23.2 Å². The fourth-order valence-corrected chi connectivity index (χ4v) is 5.91. The lowest BCUT2D eigenvalue weighted by Gasteiger charge is -2.34. The van der Waals surface area contributed by atoms with E-state index in [0.717, 1.165) is 18.2 Å². The van der Waals surface area contributed by atoms with Crippen LogP contribution in [0.4, 0.5) is 0 Å². The molecule has 0 saturated carbocycles. The van der Waals surface area contributed by atoms with Gasteiger partial charge >= 0.3 is 0 Å². The molecule has 29 heavy (non-hydrogen) atoms. The first kappa shape index (κ1) is 22.0. The van der Waals surface area contributed by atoms with Crippen molar-refractivity contribution in [3.63, 3.8) is 0 Å². The lowest BCUT2D eigenvalue weighted by atomic mass is 9.83. The maximum Gasteiger partial charge on any atom is 0.283 e. The quantitative estimate of drug-likeness (QED) is 0.239. The van der Waals surface area contributed by atoms with Gasteiger partial charge in [-0.2, -0.15) is 8.42 Å². The van der Waals surface area contributed by atoms with Crippen molar-refractivity contribution in [2.75, 3.05) is 0 Å². The molecule has 0 aliphatic rings. The smallest absolute Gasteiger partial charge is 0.283 e. The van der Waals surface area contributed by atoms with Crippen molar-refractivity contribution in [2.24, 2.45) is 0 Å². The van der Waals surface area contributed by atoms with Gasteiger partial charge in [0.1, 0.15) is 11.5 Å². The van der Waals surface area contributed by atoms with Gasteiger partial charge < -0.3 is 10.2 Å². The van der Waals surface area contributed by atoms with Crippen LogP contribution in [0.2, 0.25) is 20.1 Å². The minimum absolute atomic E-state index is 0.0311. The van der Waals surface area contributed by atoms with Gasteiger partial charge in [-0.25, -0.2) is 0 Å². The third-order valence-electron chi connectivity index (χ3n) is 4.36. The minimum atomic E-state index is -5.12. The van der Waals surface area contributed by atoms with E-state index in [0.29, 0.717) is 5.02 Å². The molecule has 0 radical (unpaired) electrons. The van der Waals surface area contributed by atoms with Crippen LogP contribution in [0.25, 0.3) is 0 Å². The van der Waals surface area contributed by atoms with Gasteiger partial charge in [-0.1, -0.05) is 58.5 Å². The Bertz CT molecular complexity index is 1170. The van der Waals surface area contributed by atoms with Crippen LogP contribution >= 0.6 is 46.4 Å². The van der Waals surface area contributed by atoms with E-state index >= 15 is 0 Å². The Balaban J connectivity index is 2.63. The van der Waals surface area contributed by atoms with Crippen LogP contribution in [0.1, 0.15) is 16.7 Å². The SMILES string of the molecule is O=S(=O)(O)C(c1ccc(Cl)cc1)(c1cc(O)ccc1O)c1c(Cl)cc(Cl)cc1Cl. The van der Waals surface area contributed by atoms with Crippen molar-refractivity contribution < 1.29 is 23.2 Å². The molecule has 0 aliphatic heterocycles. The number of halogens is 4. The molecule has 1 unspecified atom stereocenters. The molecule has 0 amide bonds. The first-order valence-corrected chi connectivity index (χ1v) is 10.8. The van der Waals surface area contributed by atoms with Crippen molar-refractivity contribution in [1.82, 2.24) is 0 Å². The van der Waals surface area contributed by atoms with Crippen LogP contribution in [0.15, 0.2) is 54.6 Å². The first-order valence-electron chi connectivity index (χ1n) is 7.89. The molecule has 5 nitrogen and oxygen atoms in total. The topological polar surface area (TPSA) is 94.8 Å². The van der Waals surface area contributed by atoms with Gasteiger partial charge in [0, 0.05) is 31.2 Å². The van der Waals surface area contributed by atoms with Gasteiger partial charge in [0.15, 0.2) is 4.75 Å². The number of aromatic hydroxyl groups is 2. The predicted molar refractivity (Wildman–Crippen MR) is 114 cm³/mol. The van der Waals surface area contributed by atoms with E-state index in [1.165, 1.54) is 36.4 Å². The highest BCUT2D eigenvalue weighted by atomic mass is 35.5. The summed E-state index contributed by atoms with van der Waals surface area (Å²) in [6.07, 6.45) is 0. The van der Waals surface area contributed by atoms with Gasteiger partial charge in [0.25, 0.3) is 10.1 Å². The van der Waals surface area contributed by atoms with Crippen molar-refractivity contribution in [1.29, 1.82) is 0 Å². The normalized spacial score (nSPS) is 13.8. The highest BCUT2D eigenvalue weighted by Gasteiger charge is 2.52. The maximum absolute atomic E-state index is 13.0. The molecule has 0 fully saturated rings. The standard InChI is InChI=1S/C19H12Cl4O5S/c20-11-3-1-10(2-4-11)19(29(26,27)28,14-9-13(24)5-6-17(14)25)18-15(22)7-12(21)8-16(18)23/h1-9,24-25H,(H,26,27,28). The zero-order valence-electron chi connectivity index (χ0n) is 14.3. The van der Waals surface area contributed by atoms with E-state index < -0.39 is 20.6 Å². The van der Waals surface area contributed by atoms with Gasteiger partial charge in [0.2, 0.25) is 0 Å². The molecule has 152 valence electrons. The number of phenols is 2. The summed E-state index contributed by atoms with van der Waals surface area (Å²) in [6, 6.07) is 11.2. The van der Waals surface area contributed by atoms with Gasteiger partial charge in [0.05, 0.1) is 0 Å². The molecular formula is C19H12Cl4O5S. The molecule has 0 heterocycles. The molecule has 3 N–H and O–H groups in total. The van der Waals surface area contributed by atoms with Crippen LogP contribution in [0.3, 0.4) is 0 Å². The molecule has 0 spiro atoms. The second-order valence-corrected chi connectivity index (χ2v) is 9.36. The second kappa shape index (κ2) is 7.87. The summed E-state index contributed by atoms with van der Waals surface area (Å²) < 4.78 is 33.9. The fourth-order valence-electron chi connectivity index (χ4n) is 3.22. The second-order valence-electron chi connectivity index (χ2n) is 6.11. The summed E-state index contributed by atoms with van der Waals surface area (Å²) in [4.78, 5) is 0. The highest BCUT2D eigenvalue weighted by molar-refractivity contribution is 7.87. The third-order valence-corrected chi connectivity index (χ3v) is 6.86. The Kier molecular flexibility index (Phi) is 5.98. The maximum atomic E-state index is 13.0. The Morgan fingerprint density at radius 2 is 1.31 bits per heavy atom. The van der Waals surface area contributed by atoms with Crippen molar-refractivity contribution in [3.8, 4) is 11.5 Å². The van der Waals surface area contributed by atoms with Crippen LogP contribution in [0.5, 0.6) is 11.5 Å². The average Bonchev–Trinajstić information content (AvgIpc) is 2.60. The predicted octanol–water partition coefficient (Wildman–Crippen LogP) is 5.89. The fraction of sp³-hybridized carbons (Fsp3) is 0.0526. The zero-order valence-corrected chi connectivity index (χ0v) is 18.1. The first-order chi connectivity index (χ1) is 13.5. The molecule has 3 aromatic rings.